The van der Waals surface area contributed by atoms with Gasteiger partial charge in [-0.15, -0.1) is 6.58 Å². The summed E-state index contributed by atoms with van der Waals surface area (Å²) < 4.78 is 6.92. The highest BCUT2D eigenvalue weighted by Crippen LogP contribution is 2.31. The molecule has 1 N–H and O–H groups in total. The number of allylic oxidation sites excluding steroid dienone is 1. The lowest BCUT2D eigenvalue weighted by Gasteiger charge is -2.27. The molecule has 2 aromatic heterocycles. The van der Waals surface area contributed by atoms with Crippen molar-refractivity contribution in [2.75, 3.05) is 26.3 Å². The number of ether oxygens (including phenoxy) is 1. The van der Waals surface area contributed by atoms with E-state index in [1.807, 2.05) is 25.3 Å². The molecule has 1 aliphatic heterocycles. The lowest BCUT2D eigenvalue weighted by molar-refractivity contribution is 0.0303. The summed E-state index contributed by atoms with van der Waals surface area (Å²) in [5, 5.41) is 1.22. The van der Waals surface area contributed by atoms with Crippen LogP contribution in [0, 0.1) is 6.92 Å². The SMILES string of the molecule is C=CCn1cc(-c2ccc(C(=O)N3CCOCC3)c(Cl)c2)c2cc(C)[nH]c2c1=O. The number of rotatable bonds is 4. The number of benzene rings is 1. The lowest BCUT2D eigenvalue weighted by Crippen LogP contribution is -2.40. The fourth-order valence-corrected chi connectivity index (χ4v) is 3.96. The topological polar surface area (TPSA) is 67.3 Å². The third-order valence-electron chi connectivity index (χ3n) is 5.14. The quantitative estimate of drug-likeness (QED) is 0.667. The smallest absolute Gasteiger partial charge is 0.275 e. The third kappa shape index (κ3) is 3.61. The van der Waals surface area contributed by atoms with Crippen molar-refractivity contribution >= 4 is 28.4 Å². The molecule has 0 radical (unpaired) electrons. The van der Waals surface area contributed by atoms with E-state index in [4.69, 9.17) is 16.3 Å². The summed E-state index contributed by atoms with van der Waals surface area (Å²) >= 11 is 6.51. The number of morpholine rings is 1. The molecule has 0 aliphatic carbocycles. The molecule has 0 unspecified atom stereocenters. The van der Waals surface area contributed by atoms with E-state index >= 15 is 0 Å². The molecule has 1 amide bonds. The van der Waals surface area contributed by atoms with Crippen LogP contribution in [0.3, 0.4) is 0 Å². The maximum absolute atomic E-state index is 12.8. The number of H-pyrrole nitrogens is 1. The van der Waals surface area contributed by atoms with Crippen LogP contribution >= 0.6 is 11.6 Å². The minimum atomic E-state index is -0.0954. The summed E-state index contributed by atoms with van der Waals surface area (Å²) in [4.78, 5) is 30.4. The van der Waals surface area contributed by atoms with E-state index in [-0.39, 0.29) is 11.5 Å². The number of aromatic amines is 1. The van der Waals surface area contributed by atoms with Crippen molar-refractivity contribution in [2.24, 2.45) is 0 Å². The summed E-state index contributed by atoms with van der Waals surface area (Å²) in [6.45, 7) is 8.25. The molecule has 150 valence electrons. The first-order valence-corrected chi connectivity index (χ1v) is 9.88. The molecule has 7 heteroatoms. The highest BCUT2D eigenvalue weighted by molar-refractivity contribution is 6.34. The van der Waals surface area contributed by atoms with Gasteiger partial charge in [0.05, 0.1) is 23.8 Å². The standard InChI is InChI=1S/C22H22ClN3O3/c1-3-6-26-13-18(17-11-14(2)24-20(17)22(26)28)15-4-5-16(19(23)12-15)21(27)25-7-9-29-10-8-25/h3-5,11-13,24H,1,6-10H2,2H3. The Morgan fingerprint density at radius 2 is 2.07 bits per heavy atom. The number of hydrogen-bond donors (Lipinski definition) is 1. The van der Waals surface area contributed by atoms with Gasteiger partial charge in [0.15, 0.2) is 0 Å². The normalized spacial score (nSPS) is 14.3. The van der Waals surface area contributed by atoms with Crippen molar-refractivity contribution in [1.29, 1.82) is 0 Å². The largest absolute Gasteiger partial charge is 0.378 e. The van der Waals surface area contributed by atoms with Gasteiger partial charge in [-0.25, -0.2) is 0 Å². The fourth-order valence-electron chi connectivity index (χ4n) is 3.70. The fraction of sp³-hybridized carbons (Fsp3) is 0.273. The minimum Gasteiger partial charge on any atom is -0.378 e. The van der Waals surface area contributed by atoms with E-state index in [1.165, 1.54) is 0 Å². The molecule has 1 aromatic carbocycles. The second-order valence-electron chi connectivity index (χ2n) is 7.13. The number of aromatic nitrogens is 2. The Bertz CT molecular complexity index is 1160. The number of hydrogen-bond acceptors (Lipinski definition) is 3. The molecule has 0 atom stereocenters. The zero-order valence-electron chi connectivity index (χ0n) is 16.2. The summed E-state index contributed by atoms with van der Waals surface area (Å²) in [6.07, 6.45) is 3.50. The van der Waals surface area contributed by atoms with Gasteiger partial charge in [-0.3, -0.25) is 9.59 Å². The predicted molar refractivity (Wildman–Crippen MR) is 115 cm³/mol. The number of nitrogens with one attached hydrogen (secondary N) is 1. The van der Waals surface area contributed by atoms with Crippen LogP contribution in [0.2, 0.25) is 5.02 Å². The van der Waals surface area contributed by atoms with Gasteiger partial charge in [-0.2, -0.15) is 0 Å². The number of carbonyl (C=O) groups excluding carboxylic acids is 1. The Labute approximate surface area is 173 Å². The summed E-state index contributed by atoms with van der Waals surface area (Å²) in [7, 11) is 0. The highest BCUT2D eigenvalue weighted by Gasteiger charge is 2.21. The van der Waals surface area contributed by atoms with E-state index in [0.717, 1.165) is 22.2 Å². The number of fused-ring (bicyclic) bond motifs is 1. The van der Waals surface area contributed by atoms with Gasteiger partial charge in [0.25, 0.3) is 11.5 Å². The second-order valence-corrected chi connectivity index (χ2v) is 7.54. The Kier molecular flexibility index (Phi) is 5.30. The Morgan fingerprint density at radius 3 is 2.76 bits per heavy atom. The van der Waals surface area contributed by atoms with Gasteiger partial charge in [0, 0.05) is 42.5 Å². The first-order chi connectivity index (χ1) is 14.0. The molecule has 1 aliphatic rings. The molecule has 0 saturated carbocycles. The third-order valence-corrected chi connectivity index (χ3v) is 5.45. The number of amides is 1. The number of halogens is 1. The molecule has 29 heavy (non-hydrogen) atoms. The van der Waals surface area contributed by atoms with E-state index in [9.17, 15) is 9.59 Å². The molecule has 4 rings (SSSR count). The molecule has 1 saturated heterocycles. The molecule has 6 nitrogen and oxygen atoms in total. The van der Waals surface area contributed by atoms with Crippen LogP contribution in [-0.4, -0.2) is 46.7 Å². The molecular formula is C22H22ClN3O3. The van der Waals surface area contributed by atoms with Gasteiger partial charge in [0.1, 0.15) is 5.52 Å². The second kappa shape index (κ2) is 7.89. The van der Waals surface area contributed by atoms with Crippen LogP contribution in [0.15, 0.2) is 47.9 Å². The maximum Gasteiger partial charge on any atom is 0.275 e. The van der Waals surface area contributed by atoms with Crippen LogP contribution < -0.4 is 5.56 Å². The van der Waals surface area contributed by atoms with Gasteiger partial charge in [-0.05, 0) is 30.7 Å². The van der Waals surface area contributed by atoms with Crippen LogP contribution in [0.5, 0.6) is 0 Å². The monoisotopic (exact) mass is 411 g/mol. The highest BCUT2D eigenvalue weighted by atomic mass is 35.5. The van der Waals surface area contributed by atoms with Gasteiger partial charge in [-0.1, -0.05) is 23.7 Å². The van der Waals surface area contributed by atoms with Gasteiger partial charge in [0.2, 0.25) is 0 Å². The van der Waals surface area contributed by atoms with Crippen molar-refractivity contribution in [3.05, 3.63) is 69.8 Å². The molecule has 1 fully saturated rings. The zero-order valence-corrected chi connectivity index (χ0v) is 17.0. The van der Waals surface area contributed by atoms with Crippen LogP contribution in [0.1, 0.15) is 16.1 Å². The van der Waals surface area contributed by atoms with Gasteiger partial charge < -0.3 is 19.2 Å². The average molecular weight is 412 g/mol. The Balaban J connectivity index is 1.79. The minimum absolute atomic E-state index is 0.0934. The number of aryl methyl sites for hydroxylation is 1. The van der Waals surface area contributed by atoms with Crippen LogP contribution in [-0.2, 0) is 11.3 Å². The molecule has 3 heterocycles. The first kappa shape index (κ1) is 19.5. The summed E-state index contributed by atoms with van der Waals surface area (Å²) in [6, 6.07) is 7.36. The van der Waals surface area contributed by atoms with E-state index in [0.29, 0.717) is 49.0 Å². The zero-order chi connectivity index (χ0) is 20.5. The van der Waals surface area contributed by atoms with Crippen molar-refractivity contribution in [1.82, 2.24) is 14.5 Å². The van der Waals surface area contributed by atoms with Crippen LogP contribution in [0.4, 0.5) is 0 Å². The van der Waals surface area contributed by atoms with Crippen molar-refractivity contribution in [3.8, 4) is 11.1 Å². The van der Waals surface area contributed by atoms with Crippen molar-refractivity contribution < 1.29 is 9.53 Å². The number of pyridine rings is 1. The molecular weight excluding hydrogens is 390 g/mol. The molecule has 3 aromatic rings. The van der Waals surface area contributed by atoms with Gasteiger partial charge >= 0.3 is 0 Å². The predicted octanol–water partition coefficient (Wildman–Crippen LogP) is 3.62. The number of nitrogens with zero attached hydrogens (tertiary/aromatic N) is 2. The molecule has 0 spiro atoms. The van der Waals surface area contributed by atoms with Crippen molar-refractivity contribution in [3.63, 3.8) is 0 Å². The maximum atomic E-state index is 12.8. The average Bonchev–Trinajstić information content (AvgIpc) is 3.12. The van der Waals surface area contributed by atoms with Crippen molar-refractivity contribution in [2.45, 2.75) is 13.5 Å². The lowest BCUT2D eigenvalue weighted by atomic mass is 10.0. The Hall–Kier alpha value is -2.83. The molecule has 0 bridgehead atoms. The first-order valence-electron chi connectivity index (χ1n) is 9.50. The number of carbonyl (C=O) groups is 1. The summed E-state index contributed by atoms with van der Waals surface area (Å²) in [5.41, 5.74) is 3.54. The van der Waals surface area contributed by atoms with Crippen LogP contribution in [0.25, 0.3) is 22.0 Å². The Morgan fingerprint density at radius 1 is 1.31 bits per heavy atom. The van der Waals surface area contributed by atoms with E-state index in [2.05, 4.69) is 11.6 Å². The van der Waals surface area contributed by atoms with E-state index < -0.39 is 0 Å². The summed E-state index contributed by atoms with van der Waals surface area (Å²) in [5.74, 6) is -0.0934. The van der Waals surface area contributed by atoms with E-state index in [1.54, 1.807) is 27.7 Å².